The van der Waals surface area contributed by atoms with E-state index in [1.165, 1.54) is 14.3 Å². The van der Waals surface area contributed by atoms with E-state index in [0.717, 1.165) is 0 Å². The topological polar surface area (TPSA) is 0 Å². The van der Waals surface area contributed by atoms with Crippen molar-refractivity contribution >= 4 is 29.8 Å². The van der Waals surface area contributed by atoms with Gasteiger partial charge in [0.05, 0.1) is 0 Å². The fourth-order valence-corrected chi connectivity index (χ4v) is 0.0786. The van der Waals surface area contributed by atoms with Gasteiger partial charge < -0.3 is 0 Å². The van der Waals surface area contributed by atoms with E-state index < -0.39 is 0 Å². The van der Waals surface area contributed by atoms with E-state index in [0.29, 0.717) is 6.22 Å². The molecule has 6 radical (unpaired) electrons. The molecule has 0 rings (SSSR count). The maximum absolute atomic E-state index is 4.90. The summed E-state index contributed by atoms with van der Waals surface area (Å²) >= 11 is 0. The Balaban J connectivity index is 2.19. The van der Waals surface area contributed by atoms with E-state index in [1.807, 2.05) is 0 Å². The standard InChI is InChI=1S/CH2B4/c2-4-1-5-3/h1H2. The first-order valence-corrected chi connectivity index (χ1v) is 1.48. The Bertz CT molecular complexity index is 11.1. The van der Waals surface area contributed by atoms with Crippen molar-refractivity contribution in [2.75, 3.05) is 0 Å². The molecule has 0 aromatic rings. The fraction of sp³-hybridized carbons (Fsp3) is 1.00. The van der Waals surface area contributed by atoms with Crippen molar-refractivity contribution in [1.29, 1.82) is 0 Å². The minimum absolute atomic E-state index is 0.694. The van der Waals surface area contributed by atoms with Gasteiger partial charge >= 0.3 is 0 Å². The second kappa shape index (κ2) is 4.26. The second-order valence-corrected chi connectivity index (χ2v) is 0.707. The van der Waals surface area contributed by atoms with Crippen molar-refractivity contribution < 1.29 is 0 Å². The van der Waals surface area contributed by atoms with E-state index in [-0.39, 0.29) is 0 Å². The zero-order valence-corrected chi connectivity index (χ0v) is 3.02. The zero-order valence-electron chi connectivity index (χ0n) is 3.02. The molecule has 18 valence electrons. The Morgan fingerprint density at radius 2 is 1.60 bits per heavy atom. The monoisotopic (exact) mass is 58.1 g/mol. The second-order valence-electron chi connectivity index (χ2n) is 0.707. The van der Waals surface area contributed by atoms with Crippen LogP contribution in [0.15, 0.2) is 0 Å². The predicted molar refractivity (Wildman–Crippen MR) is 27.8 cm³/mol. The quantitative estimate of drug-likeness (QED) is 0.354. The third kappa shape index (κ3) is 4.26. The Hall–Kier alpha value is 0.260. The first-order chi connectivity index (χ1) is 2.41. The molecule has 0 N–H and O–H groups in total. The minimum Gasteiger partial charge on any atom is -0.122 e. The van der Waals surface area contributed by atoms with Crippen molar-refractivity contribution in [3.05, 3.63) is 0 Å². The molecule has 4 heteroatoms. The van der Waals surface area contributed by atoms with Crippen LogP contribution in [0.5, 0.6) is 0 Å². The SMILES string of the molecule is [B][B]C[B][B]. The fourth-order valence-electron chi connectivity index (χ4n) is 0.0786. The molecule has 0 amide bonds. The summed E-state index contributed by atoms with van der Waals surface area (Å²) in [7, 11) is 12.8. The summed E-state index contributed by atoms with van der Waals surface area (Å²) in [4.78, 5) is 0. The molecule has 0 spiro atoms. The van der Waals surface area contributed by atoms with Crippen molar-refractivity contribution in [2.45, 2.75) is 6.22 Å². The predicted octanol–water partition coefficient (Wildman–Crippen LogP) is -1.06. The van der Waals surface area contributed by atoms with Crippen LogP contribution in [0.25, 0.3) is 0 Å². The summed E-state index contributed by atoms with van der Waals surface area (Å²) in [6.45, 7) is 0. The van der Waals surface area contributed by atoms with Gasteiger partial charge in [0.25, 0.3) is 0 Å². The third-order valence-electron chi connectivity index (χ3n) is 0.272. The highest BCUT2D eigenvalue weighted by Gasteiger charge is 1.72. The highest BCUT2D eigenvalue weighted by Crippen LogP contribution is 1.59. The van der Waals surface area contributed by atoms with Crippen LogP contribution in [0, 0.1) is 0 Å². The number of hydrogen-bond donors (Lipinski definition) is 0. The van der Waals surface area contributed by atoms with Crippen LogP contribution < -0.4 is 0 Å². The van der Waals surface area contributed by atoms with Crippen LogP contribution in [0.4, 0.5) is 0 Å². The molecule has 5 heavy (non-hydrogen) atoms. The lowest BCUT2D eigenvalue weighted by Gasteiger charge is -1.75. The average molecular weight is 57.3 g/mol. The lowest BCUT2D eigenvalue weighted by atomic mass is 9.37. The Morgan fingerprint density at radius 1 is 1.20 bits per heavy atom. The molecular formula is CH2B4. The summed E-state index contributed by atoms with van der Waals surface area (Å²) in [5.41, 5.74) is 0. The zero-order chi connectivity index (χ0) is 4.12. The van der Waals surface area contributed by atoms with Gasteiger partial charge in [-0.25, -0.2) is 0 Å². The molecule has 0 aromatic heterocycles. The summed E-state index contributed by atoms with van der Waals surface area (Å²) in [5.74, 6) is 0. The first kappa shape index (κ1) is 5.26. The molecule has 0 atom stereocenters. The summed E-state index contributed by atoms with van der Waals surface area (Å²) in [6.07, 6.45) is 0.694. The molecule has 0 aliphatic heterocycles. The maximum atomic E-state index is 4.90. The van der Waals surface area contributed by atoms with Crippen LogP contribution in [0.3, 0.4) is 0 Å². The van der Waals surface area contributed by atoms with Crippen LogP contribution in [-0.4, -0.2) is 29.8 Å². The van der Waals surface area contributed by atoms with Crippen LogP contribution >= 0.6 is 0 Å². The van der Waals surface area contributed by atoms with Crippen molar-refractivity contribution in [3.63, 3.8) is 0 Å². The number of hydrogen-bond acceptors (Lipinski definition) is 0. The van der Waals surface area contributed by atoms with Crippen LogP contribution in [-0.2, 0) is 0 Å². The Morgan fingerprint density at radius 3 is 1.60 bits per heavy atom. The van der Waals surface area contributed by atoms with Crippen LogP contribution in [0.1, 0.15) is 0 Å². The molecule has 0 fully saturated rings. The minimum atomic E-state index is 0.694. The van der Waals surface area contributed by atoms with Gasteiger partial charge in [-0.05, 0) is 0 Å². The molecule has 0 saturated carbocycles. The van der Waals surface area contributed by atoms with Gasteiger partial charge in [0.1, 0.15) is 0 Å². The summed E-state index contributed by atoms with van der Waals surface area (Å²) in [5, 5.41) is 0. The lowest BCUT2D eigenvalue weighted by molar-refractivity contribution is 2.10. The third-order valence-corrected chi connectivity index (χ3v) is 0.272. The molecule has 0 saturated heterocycles. The summed E-state index contributed by atoms with van der Waals surface area (Å²) < 4.78 is 0. The molecule has 0 bridgehead atoms. The van der Waals surface area contributed by atoms with E-state index in [2.05, 4.69) is 0 Å². The first-order valence-electron chi connectivity index (χ1n) is 1.48. The lowest BCUT2D eigenvalue weighted by Crippen LogP contribution is -1.94. The molecule has 0 aromatic carbocycles. The molecule has 0 heterocycles. The van der Waals surface area contributed by atoms with Crippen LogP contribution in [0.2, 0.25) is 6.22 Å². The normalized spacial score (nSPS) is 6.40. The van der Waals surface area contributed by atoms with Gasteiger partial charge in [0, 0.05) is 29.8 Å². The number of rotatable bonds is 2. The average Bonchev–Trinajstić information content (AvgIpc) is 1.41. The Kier molecular flexibility index (Phi) is 4.48. The molecule has 0 unspecified atom stereocenters. The van der Waals surface area contributed by atoms with E-state index in [1.54, 1.807) is 0 Å². The van der Waals surface area contributed by atoms with Gasteiger partial charge in [-0.2, -0.15) is 0 Å². The largest absolute Gasteiger partial charge is 0.122 e. The smallest absolute Gasteiger partial charge is 0.0435 e. The maximum Gasteiger partial charge on any atom is 0.0435 e. The van der Waals surface area contributed by atoms with E-state index in [4.69, 9.17) is 15.5 Å². The highest BCUT2D eigenvalue weighted by atomic mass is 13.1. The van der Waals surface area contributed by atoms with E-state index >= 15 is 0 Å². The van der Waals surface area contributed by atoms with Crippen molar-refractivity contribution in [1.82, 2.24) is 0 Å². The summed E-state index contributed by atoms with van der Waals surface area (Å²) in [6, 6.07) is 0. The van der Waals surface area contributed by atoms with Gasteiger partial charge in [0.2, 0.25) is 0 Å². The van der Waals surface area contributed by atoms with E-state index in [9.17, 15) is 0 Å². The molecular weight excluding hydrogens is 55.3 g/mol. The van der Waals surface area contributed by atoms with Gasteiger partial charge in [-0.3, -0.25) is 0 Å². The van der Waals surface area contributed by atoms with Gasteiger partial charge in [0.15, 0.2) is 0 Å². The Labute approximate surface area is 37.0 Å². The van der Waals surface area contributed by atoms with Gasteiger partial charge in [-0.15, -0.1) is 6.22 Å². The van der Waals surface area contributed by atoms with Crippen molar-refractivity contribution in [2.24, 2.45) is 0 Å². The molecule has 0 nitrogen and oxygen atoms in total. The molecule has 0 aliphatic carbocycles. The molecule has 0 aliphatic rings. The van der Waals surface area contributed by atoms with Gasteiger partial charge in [-0.1, -0.05) is 0 Å². The van der Waals surface area contributed by atoms with Crippen molar-refractivity contribution in [3.8, 4) is 0 Å². The highest BCUT2D eigenvalue weighted by molar-refractivity contribution is 7.01.